The van der Waals surface area contributed by atoms with Crippen LogP contribution in [0.25, 0.3) is 11.1 Å². The molecule has 0 bridgehead atoms. The van der Waals surface area contributed by atoms with E-state index in [0.29, 0.717) is 15.5 Å². The van der Waals surface area contributed by atoms with E-state index < -0.39 is 0 Å². The number of anilines is 1. The van der Waals surface area contributed by atoms with E-state index in [2.05, 4.69) is 4.90 Å². The van der Waals surface area contributed by atoms with Crippen molar-refractivity contribution >= 4 is 29.0 Å². The summed E-state index contributed by atoms with van der Waals surface area (Å²) in [5.74, 6) is 0.880. The summed E-state index contributed by atoms with van der Waals surface area (Å²) < 4.78 is 5.63. The molecular formula is C21H24Cl2N2O2. The maximum absolute atomic E-state index is 9.99. The minimum atomic E-state index is -0.0570. The molecule has 0 amide bonds. The lowest BCUT2D eigenvalue weighted by molar-refractivity contribution is 0.133. The molecule has 2 aliphatic heterocycles. The Balaban J connectivity index is 1.65. The average molecular weight is 407 g/mol. The molecule has 1 spiro atoms. The molecule has 6 heteroatoms. The highest BCUT2D eigenvalue weighted by atomic mass is 35.5. The second-order valence-corrected chi connectivity index (χ2v) is 8.44. The smallest absolute Gasteiger partial charge is 0.134 e. The number of benzene rings is 1. The van der Waals surface area contributed by atoms with Crippen molar-refractivity contribution in [2.45, 2.75) is 32.8 Å². The van der Waals surface area contributed by atoms with Gasteiger partial charge < -0.3 is 14.7 Å². The number of aromatic nitrogens is 1. The SMILES string of the molecule is Cc1nc(N2CCC3(CCOC3)CC2)c(CO)cc1-c1cccc(Cl)c1Cl. The summed E-state index contributed by atoms with van der Waals surface area (Å²) >= 11 is 12.6. The molecule has 2 saturated heterocycles. The lowest BCUT2D eigenvalue weighted by atomic mass is 9.78. The van der Waals surface area contributed by atoms with Crippen LogP contribution < -0.4 is 4.90 Å². The number of piperidine rings is 1. The van der Waals surface area contributed by atoms with Crippen molar-refractivity contribution in [1.29, 1.82) is 0 Å². The van der Waals surface area contributed by atoms with E-state index in [-0.39, 0.29) is 6.61 Å². The molecule has 0 radical (unpaired) electrons. The number of rotatable bonds is 3. The highest BCUT2D eigenvalue weighted by Gasteiger charge is 2.38. The van der Waals surface area contributed by atoms with Gasteiger partial charge in [-0.3, -0.25) is 0 Å². The van der Waals surface area contributed by atoms with Crippen molar-refractivity contribution in [3.63, 3.8) is 0 Å². The van der Waals surface area contributed by atoms with Gasteiger partial charge in [0.1, 0.15) is 5.82 Å². The molecule has 2 aromatic rings. The van der Waals surface area contributed by atoms with Crippen molar-refractivity contribution in [1.82, 2.24) is 4.98 Å². The molecule has 144 valence electrons. The second kappa shape index (κ2) is 7.59. The third kappa shape index (κ3) is 3.56. The minimum absolute atomic E-state index is 0.0570. The van der Waals surface area contributed by atoms with E-state index in [1.807, 2.05) is 25.1 Å². The number of aliphatic hydroxyl groups excluding tert-OH is 1. The molecule has 1 aromatic heterocycles. The third-order valence-corrected chi connectivity index (χ3v) is 6.81. The number of ether oxygens (including phenoxy) is 1. The molecule has 2 aliphatic rings. The number of aryl methyl sites for hydroxylation is 1. The molecule has 1 N–H and O–H groups in total. The number of aliphatic hydroxyl groups is 1. The van der Waals surface area contributed by atoms with Crippen LogP contribution in [0.15, 0.2) is 24.3 Å². The van der Waals surface area contributed by atoms with Gasteiger partial charge in [0.05, 0.1) is 23.3 Å². The molecule has 2 fully saturated rings. The quantitative estimate of drug-likeness (QED) is 0.789. The van der Waals surface area contributed by atoms with Gasteiger partial charge in [-0.1, -0.05) is 35.3 Å². The predicted octanol–water partition coefficient (Wildman–Crippen LogP) is 4.86. The Bertz CT molecular complexity index is 840. The van der Waals surface area contributed by atoms with Crippen LogP contribution in [-0.4, -0.2) is 36.4 Å². The summed E-state index contributed by atoms with van der Waals surface area (Å²) in [6.07, 6.45) is 3.38. The zero-order valence-corrected chi connectivity index (χ0v) is 17.0. The maximum atomic E-state index is 9.99. The maximum Gasteiger partial charge on any atom is 0.134 e. The van der Waals surface area contributed by atoms with E-state index in [0.717, 1.165) is 73.8 Å². The van der Waals surface area contributed by atoms with Gasteiger partial charge in [0.2, 0.25) is 0 Å². The summed E-state index contributed by atoms with van der Waals surface area (Å²) in [6, 6.07) is 7.58. The zero-order chi connectivity index (χ0) is 19.0. The minimum Gasteiger partial charge on any atom is -0.392 e. The Kier molecular flexibility index (Phi) is 5.34. The average Bonchev–Trinajstić information content (AvgIpc) is 3.13. The van der Waals surface area contributed by atoms with Crippen LogP contribution in [0.1, 0.15) is 30.5 Å². The van der Waals surface area contributed by atoms with Crippen LogP contribution in [0.3, 0.4) is 0 Å². The Morgan fingerprint density at radius 1 is 1.19 bits per heavy atom. The van der Waals surface area contributed by atoms with E-state index >= 15 is 0 Å². The van der Waals surface area contributed by atoms with Crippen molar-refractivity contribution in [2.75, 3.05) is 31.2 Å². The Morgan fingerprint density at radius 2 is 1.96 bits per heavy atom. The van der Waals surface area contributed by atoms with E-state index in [1.165, 1.54) is 0 Å². The number of nitrogens with zero attached hydrogens (tertiary/aromatic N) is 2. The number of hydrogen-bond donors (Lipinski definition) is 1. The highest BCUT2D eigenvalue weighted by Crippen LogP contribution is 2.41. The van der Waals surface area contributed by atoms with Gasteiger partial charge in [-0.25, -0.2) is 4.98 Å². The van der Waals surface area contributed by atoms with Crippen molar-refractivity contribution < 1.29 is 9.84 Å². The molecule has 4 rings (SSSR count). The van der Waals surface area contributed by atoms with Crippen LogP contribution in [0.4, 0.5) is 5.82 Å². The van der Waals surface area contributed by atoms with Gasteiger partial charge in [-0.15, -0.1) is 0 Å². The van der Waals surface area contributed by atoms with E-state index in [1.54, 1.807) is 6.07 Å². The lowest BCUT2D eigenvalue weighted by Gasteiger charge is -2.39. The molecule has 27 heavy (non-hydrogen) atoms. The summed E-state index contributed by atoms with van der Waals surface area (Å²) in [6.45, 7) is 5.58. The Hall–Kier alpha value is -1.33. The molecule has 1 aromatic carbocycles. The van der Waals surface area contributed by atoms with Gasteiger partial charge >= 0.3 is 0 Å². The summed E-state index contributed by atoms with van der Waals surface area (Å²) in [4.78, 5) is 7.16. The largest absolute Gasteiger partial charge is 0.392 e. The van der Waals surface area contributed by atoms with Gasteiger partial charge in [0, 0.05) is 42.1 Å². The third-order valence-electron chi connectivity index (χ3n) is 5.99. The first kappa shape index (κ1) is 19.0. The molecule has 0 unspecified atom stereocenters. The first-order chi connectivity index (χ1) is 13.0. The molecule has 3 heterocycles. The molecular weight excluding hydrogens is 383 g/mol. The number of pyridine rings is 1. The van der Waals surface area contributed by atoms with Crippen LogP contribution in [-0.2, 0) is 11.3 Å². The standard InChI is InChI=1S/C21H24Cl2N2O2/c1-14-17(16-3-2-4-18(22)19(16)23)11-15(12-26)20(24-14)25-8-5-21(6-9-25)7-10-27-13-21/h2-4,11,26H,5-10,12-13H2,1H3. The lowest BCUT2D eigenvalue weighted by Crippen LogP contribution is -2.41. The van der Waals surface area contributed by atoms with E-state index in [4.69, 9.17) is 32.9 Å². The van der Waals surface area contributed by atoms with Crippen molar-refractivity contribution in [2.24, 2.45) is 5.41 Å². The van der Waals surface area contributed by atoms with Gasteiger partial charge in [-0.05, 0) is 43.7 Å². The summed E-state index contributed by atoms with van der Waals surface area (Å²) in [7, 11) is 0. The van der Waals surface area contributed by atoms with Crippen molar-refractivity contribution in [3.8, 4) is 11.1 Å². The fraction of sp³-hybridized carbons (Fsp3) is 0.476. The molecule has 0 saturated carbocycles. The number of hydrogen-bond acceptors (Lipinski definition) is 4. The fourth-order valence-corrected chi connectivity index (χ4v) is 4.65. The first-order valence-corrected chi connectivity index (χ1v) is 10.2. The normalized spacial score (nSPS) is 19.0. The molecule has 4 nitrogen and oxygen atoms in total. The molecule has 0 aliphatic carbocycles. The van der Waals surface area contributed by atoms with Crippen LogP contribution in [0.5, 0.6) is 0 Å². The molecule has 0 atom stereocenters. The van der Waals surface area contributed by atoms with E-state index in [9.17, 15) is 5.11 Å². The topological polar surface area (TPSA) is 45.6 Å². The fourth-order valence-electron chi connectivity index (χ4n) is 4.25. The first-order valence-electron chi connectivity index (χ1n) is 9.41. The Labute approximate surface area is 170 Å². The van der Waals surface area contributed by atoms with Gasteiger partial charge in [-0.2, -0.15) is 0 Å². The second-order valence-electron chi connectivity index (χ2n) is 7.65. The van der Waals surface area contributed by atoms with Crippen molar-refractivity contribution in [3.05, 3.63) is 45.6 Å². The highest BCUT2D eigenvalue weighted by molar-refractivity contribution is 6.43. The number of halogens is 2. The Morgan fingerprint density at radius 3 is 2.63 bits per heavy atom. The van der Waals surface area contributed by atoms with Gasteiger partial charge in [0.25, 0.3) is 0 Å². The van der Waals surface area contributed by atoms with Crippen LogP contribution in [0.2, 0.25) is 10.0 Å². The monoisotopic (exact) mass is 406 g/mol. The van der Waals surface area contributed by atoms with Crippen LogP contribution in [0, 0.1) is 12.3 Å². The van der Waals surface area contributed by atoms with Gasteiger partial charge in [0.15, 0.2) is 0 Å². The summed E-state index contributed by atoms with van der Waals surface area (Å²) in [5.41, 5.74) is 3.81. The predicted molar refractivity (Wildman–Crippen MR) is 110 cm³/mol. The summed E-state index contributed by atoms with van der Waals surface area (Å²) in [5, 5.41) is 11.0. The zero-order valence-electron chi connectivity index (χ0n) is 15.5. The van der Waals surface area contributed by atoms with Crippen LogP contribution >= 0.6 is 23.2 Å².